The van der Waals surface area contributed by atoms with E-state index in [1.807, 2.05) is 6.92 Å². The third-order valence-corrected chi connectivity index (χ3v) is 10.7. The average Bonchev–Trinajstić information content (AvgIpc) is 3.11. The predicted molar refractivity (Wildman–Crippen MR) is 221 cm³/mol. The van der Waals surface area contributed by atoms with Gasteiger partial charge < -0.3 is 0 Å². The van der Waals surface area contributed by atoms with E-state index in [1.165, 1.54) is 70.2 Å². The Kier molecular flexibility index (Phi) is 23.1. The maximum absolute atomic E-state index is 12.6. The molecule has 1 atom stereocenters. The minimum Gasteiger partial charge on any atom is -0.166 e. The zero-order valence-electron chi connectivity index (χ0n) is 33.9. The largest absolute Gasteiger partial charge is 0.416 e. The van der Waals surface area contributed by atoms with Crippen molar-refractivity contribution in [2.75, 3.05) is 0 Å². The van der Waals surface area contributed by atoms with Gasteiger partial charge in [0.1, 0.15) is 0 Å². The van der Waals surface area contributed by atoms with Gasteiger partial charge in [0.25, 0.3) is 0 Å². The molecule has 0 N–H and O–H groups in total. The molecule has 2 aromatic carbocycles. The highest BCUT2D eigenvalue weighted by Crippen LogP contribution is 2.40. The number of unbranched alkanes of at least 4 members (excludes halogenated alkanes) is 1. The van der Waals surface area contributed by atoms with Crippen LogP contribution in [-0.4, -0.2) is 11.0 Å². The summed E-state index contributed by atoms with van der Waals surface area (Å²) in [5.41, 5.74) is 3.67. The van der Waals surface area contributed by atoms with Crippen molar-refractivity contribution in [3.05, 3.63) is 119 Å². The maximum Gasteiger partial charge on any atom is 0.416 e. The standard InChI is InChI=1S/C18H25F3S.C17H28.C11H13F3/c1-4-6-12-17(5-2,14(3)22)13-11-15-7-9-16(10-8-15)18(19,20)21;1-5-13-17(8-4,14-6-2)16-12-10-9-11-15(16)7-3;1-5-7-10(11(12,13)14)9(6-2)8(3)4/h7-10H,4-6,11-13H2,1-3H3;9-12H,5-8,13-14H2,1-4H3;5-7H,2-3H2,1,4H3/b;;7-5-,10-9-. The number of thiocarbonyl (C=S) groups is 1. The van der Waals surface area contributed by atoms with Gasteiger partial charge in [0.2, 0.25) is 0 Å². The van der Waals surface area contributed by atoms with Crippen LogP contribution in [0.1, 0.15) is 149 Å². The van der Waals surface area contributed by atoms with Crippen molar-refractivity contribution in [2.24, 2.45) is 5.41 Å². The molecule has 0 nitrogen and oxygen atoms in total. The number of halogens is 6. The van der Waals surface area contributed by atoms with Crippen LogP contribution in [0.3, 0.4) is 0 Å². The highest BCUT2D eigenvalue weighted by molar-refractivity contribution is 7.80. The quantitative estimate of drug-likeness (QED) is 0.0828. The topological polar surface area (TPSA) is 0 Å². The van der Waals surface area contributed by atoms with E-state index in [1.54, 1.807) is 23.3 Å². The molecule has 298 valence electrons. The van der Waals surface area contributed by atoms with Gasteiger partial charge >= 0.3 is 12.4 Å². The maximum atomic E-state index is 12.6. The summed E-state index contributed by atoms with van der Waals surface area (Å²) in [4.78, 5) is 1.02. The Morgan fingerprint density at radius 2 is 1.32 bits per heavy atom. The molecule has 0 bridgehead atoms. The zero-order chi connectivity index (χ0) is 40.9. The molecule has 0 aliphatic heterocycles. The lowest BCUT2D eigenvalue weighted by Crippen LogP contribution is -2.28. The Balaban J connectivity index is 0.000000788. The fraction of sp³-hybridized carbons (Fsp3) is 0.543. The van der Waals surface area contributed by atoms with Gasteiger partial charge in [-0.3, -0.25) is 0 Å². The molecular weight excluding hydrogens is 699 g/mol. The molecule has 1 unspecified atom stereocenters. The summed E-state index contributed by atoms with van der Waals surface area (Å²) in [6.45, 7) is 25.5. The second kappa shape index (κ2) is 24.5. The van der Waals surface area contributed by atoms with Crippen molar-refractivity contribution in [3.8, 4) is 0 Å². The predicted octanol–water partition coefficient (Wildman–Crippen LogP) is 16.3. The van der Waals surface area contributed by atoms with Crippen LogP contribution in [0.4, 0.5) is 26.3 Å². The molecule has 53 heavy (non-hydrogen) atoms. The van der Waals surface area contributed by atoms with Gasteiger partial charge in [-0.15, -0.1) is 0 Å². The Bertz CT molecular complexity index is 1440. The van der Waals surface area contributed by atoms with Crippen molar-refractivity contribution in [1.29, 1.82) is 0 Å². The lowest BCUT2D eigenvalue weighted by Gasteiger charge is -2.35. The number of alkyl halides is 6. The van der Waals surface area contributed by atoms with Crippen LogP contribution in [0.5, 0.6) is 0 Å². The Morgan fingerprint density at radius 3 is 1.70 bits per heavy atom. The first-order valence-corrected chi connectivity index (χ1v) is 19.7. The zero-order valence-corrected chi connectivity index (χ0v) is 34.7. The minimum absolute atomic E-state index is 0.0358. The highest BCUT2D eigenvalue weighted by Gasteiger charge is 2.34. The Hall–Kier alpha value is -2.93. The first kappa shape index (κ1) is 50.1. The fourth-order valence-corrected chi connectivity index (χ4v) is 7.45. The molecule has 2 aromatic rings. The molecule has 7 heteroatoms. The van der Waals surface area contributed by atoms with Gasteiger partial charge in [-0.25, -0.2) is 0 Å². The molecule has 0 saturated heterocycles. The molecule has 0 aliphatic rings. The number of hydrogen-bond donors (Lipinski definition) is 0. The summed E-state index contributed by atoms with van der Waals surface area (Å²) >= 11 is 5.48. The van der Waals surface area contributed by atoms with Crippen LogP contribution >= 0.6 is 12.2 Å². The van der Waals surface area contributed by atoms with E-state index < -0.39 is 23.5 Å². The molecule has 0 fully saturated rings. The second-order valence-electron chi connectivity index (χ2n) is 13.9. The summed E-state index contributed by atoms with van der Waals surface area (Å²) in [5, 5.41) is 0. The SMILES string of the molecule is C=C/C(C(=C)C)=C(\C=C/C)C(F)(F)F.CCCC(CC)(CCC)c1ccccc1CC.CCCCC(CC)(CCc1ccc(C(F)(F)F)cc1)C(C)=S. The van der Waals surface area contributed by atoms with Gasteiger partial charge in [-0.2, -0.15) is 26.3 Å². The summed E-state index contributed by atoms with van der Waals surface area (Å²) in [5.74, 6) is 0. The minimum atomic E-state index is -4.37. The third-order valence-electron chi connectivity index (χ3n) is 10.3. The van der Waals surface area contributed by atoms with E-state index in [2.05, 4.69) is 79.0 Å². The molecule has 0 aromatic heterocycles. The lowest BCUT2D eigenvalue weighted by atomic mass is 9.70. The van der Waals surface area contributed by atoms with E-state index in [4.69, 9.17) is 12.2 Å². The molecule has 0 amide bonds. The van der Waals surface area contributed by atoms with Crippen LogP contribution in [0, 0.1) is 5.41 Å². The van der Waals surface area contributed by atoms with Gasteiger partial charge in [-0.1, -0.05) is 153 Å². The van der Waals surface area contributed by atoms with Crippen molar-refractivity contribution in [1.82, 2.24) is 0 Å². The monoisotopic (exact) mass is 764 g/mol. The van der Waals surface area contributed by atoms with Crippen LogP contribution in [0.15, 0.2) is 96.6 Å². The smallest absolute Gasteiger partial charge is 0.166 e. The van der Waals surface area contributed by atoms with E-state index >= 15 is 0 Å². The highest BCUT2D eigenvalue weighted by atomic mass is 32.1. The Labute approximate surface area is 324 Å². The van der Waals surface area contributed by atoms with Crippen molar-refractivity contribution in [3.63, 3.8) is 0 Å². The second-order valence-corrected chi connectivity index (χ2v) is 14.6. The van der Waals surface area contributed by atoms with Crippen LogP contribution in [-0.2, 0) is 24.4 Å². The van der Waals surface area contributed by atoms with E-state index in [0.717, 1.165) is 61.4 Å². The van der Waals surface area contributed by atoms with Crippen LogP contribution < -0.4 is 0 Å². The summed E-state index contributed by atoms with van der Waals surface area (Å²) in [6.07, 6.45) is 8.54. The normalized spacial score (nSPS) is 13.6. The van der Waals surface area contributed by atoms with Gasteiger partial charge in [0, 0.05) is 5.41 Å². The first-order chi connectivity index (χ1) is 24.8. The van der Waals surface area contributed by atoms with Crippen molar-refractivity contribution >= 4 is 17.1 Å². The molecular formula is C46H66F6S. The number of benzene rings is 2. The van der Waals surface area contributed by atoms with E-state index in [-0.39, 0.29) is 11.0 Å². The Morgan fingerprint density at radius 1 is 0.755 bits per heavy atom. The van der Waals surface area contributed by atoms with Crippen molar-refractivity contribution < 1.29 is 26.3 Å². The number of aryl methyl sites for hydroxylation is 2. The molecule has 0 saturated carbocycles. The molecule has 2 rings (SSSR count). The summed E-state index contributed by atoms with van der Waals surface area (Å²) in [6, 6.07) is 14.6. The lowest BCUT2D eigenvalue weighted by molar-refractivity contribution is -0.137. The van der Waals surface area contributed by atoms with E-state index in [9.17, 15) is 26.3 Å². The molecule has 0 aliphatic carbocycles. The fourth-order valence-electron chi connectivity index (χ4n) is 7.10. The number of allylic oxidation sites excluding steroid dienone is 6. The average molecular weight is 765 g/mol. The van der Waals surface area contributed by atoms with Crippen molar-refractivity contribution in [2.45, 2.75) is 157 Å². The molecule has 0 radical (unpaired) electrons. The van der Waals surface area contributed by atoms with Crippen LogP contribution in [0.2, 0.25) is 0 Å². The number of hydrogen-bond acceptors (Lipinski definition) is 1. The third kappa shape index (κ3) is 16.1. The summed E-state index contributed by atoms with van der Waals surface area (Å²) < 4.78 is 75.3. The number of rotatable bonds is 18. The van der Waals surface area contributed by atoms with Gasteiger partial charge in [0.15, 0.2) is 0 Å². The van der Waals surface area contributed by atoms with Gasteiger partial charge in [0.05, 0.1) is 11.1 Å². The van der Waals surface area contributed by atoms with Gasteiger partial charge in [-0.05, 0) is 117 Å². The van der Waals surface area contributed by atoms with E-state index in [0.29, 0.717) is 11.0 Å². The molecule has 0 heterocycles. The summed E-state index contributed by atoms with van der Waals surface area (Å²) in [7, 11) is 0. The molecule has 0 spiro atoms. The van der Waals surface area contributed by atoms with Crippen LogP contribution in [0.25, 0.3) is 0 Å². The first-order valence-electron chi connectivity index (χ1n) is 19.3.